The fourth-order valence-electron chi connectivity index (χ4n) is 2.11. The van der Waals surface area contributed by atoms with Gasteiger partial charge in [-0.3, -0.25) is 0 Å². The van der Waals surface area contributed by atoms with Crippen molar-refractivity contribution in [3.8, 4) is 11.5 Å². The van der Waals surface area contributed by atoms with Gasteiger partial charge in [0.2, 0.25) is 6.79 Å². The molecule has 0 radical (unpaired) electrons. The number of hydrazone groups is 1. The lowest BCUT2D eigenvalue weighted by Crippen LogP contribution is -2.33. The van der Waals surface area contributed by atoms with E-state index in [0.29, 0.717) is 0 Å². The molecule has 1 unspecified atom stereocenters. The van der Waals surface area contributed by atoms with E-state index in [-0.39, 0.29) is 12.8 Å². The van der Waals surface area contributed by atoms with Crippen molar-refractivity contribution in [1.29, 1.82) is 0 Å². The van der Waals surface area contributed by atoms with E-state index in [0.717, 1.165) is 30.0 Å². The second-order valence-corrected chi connectivity index (χ2v) is 4.87. The van der Waals surface area contributed by atoms with Crippen molar-refractivity contribution < 1.29 is 9.47 Å². The van der Waals surface area contributed by atoms with Crippen molar-refractivity contribution in [2.45, 2.75) is 12.5 Å². The third-order valence-electron chi connectivity index (χ3n) is 3.15. The fourth-order valence-corrected chi connectivity index (χ4v) is 2.11. The number of hydrogen-bond donors (Lipinski definition) is 2. The lowest BCUT2D eigenvalue weighted by atomic mass is 10.0. The zero-order valence-electron chi connectivity index (χ0n) is 11.8. The number of fused-ring (bicyclic) bond motifs is 1. The number of hydrazine groups is 1. The average molecular weight is 279 g/mol. The molecule has 20 heavy (non-hydrogen) atoms. The van der Waals surface area contributed by atoms with Gasteiger partial charge in [-0.15, -0.1) is 0 Å². The lowest BCUT2D eigenvalue weighted by molar-refractivity contribution is 0.173. The Morgan fingerprint density at radius 1 is 1.35 bits per heavy atom. The summed E-state index contributed by atoms with van der Waals surface area (Å²) < 4.78 is 10.7. The molecule has 2 rings (SSSR count). The molecule has 1 aliphatic rings. The first-order valence-electron chi connectivity index (χ1n) is 6.44. The van der Waals surface area contributed by atoms with E-state index < -0.39 is 0 Å². The van der Waals surface area contributed by atoms with E-state index in [1.54, 1.807) is 0 Å². The zero-order chi connectivity index (χ0) is 14.5. The highest BCUT2D eigenvalue weighted by molar-refractivity contribution is 5.50. The topological polar surface area (TPSA) is 89.3 Å². The Kier molecular flexibility index (Phi) is 4.65. The number of rotatable bonds is 6. The monoisotopic (exact) mass is 279 g/mol. The first-order valence-corrected chi connectivity index (χ1v) is 6.44. The highest BCUT2D eigenvalue weighted by Gasteiger charge is 2.21. The zero-order valence-corrected chi connectivity index (χ0v) is 11.8. The van der Waals surface area contributed by atoms with Crippen LogP contribution >= 0.6 is 0 Å². The van der Waals surface area contributed by atoms with Gasteiger partial charge in [-0.25, -0.2) is 11.0 Å². The molecule has 4 N–H and O–H groups in total. The highest BCUT2D eigenvalue weighted by atomic mass is 16.7. The molecule has 0 saturated heterocycles. The second kappa shape index (κ2) is 6.44. The minimum Gasteiger partial charge on any atom is -0.454 e. The van der Waals surface area contributed by atoms with Crippen LogP contribution in [0.2, 0.25) is 0 Å². The van der Waals surface area contributed by atoms with Crippen LogP contribution in [0.1, 0.15) is 18.0 Å². The molecule has 1 heterocycles. The Hall–Kier alpha value is -1.99. The highest BCUT2D eigenvalue weighted by Crippen LogP contribution is 2.35. The van der Waals surface area contributed by atoms with Crippen LogP contribution in [0.4, 0.5) is 0 Å². The van der Waals surface area contributed by atoms with Gasteiger partial charge in [-0.05, 0) is 44.8 Å². The number of benzene rings is 1. The van der Waals surface area contributed by atoms with Crippen molar-refractivity contribution in [3.05, 3.63) is 23.8 Å². The smallest absolute Gasteiger partial charge is 0.231 e. The molecule has 0 aliphatic carbocycles. The van der Waals surface area contributed by atoms with E-state index in [1.165, 1.54) is 11.5 Å². The summed E-state index contributed by atoms with van der Waals surface area (Å²) in [4.78, 5) is 2.10. The van der Waals surface area contributed by atoms with E-state index in [1.807, 2.05) is 32.3 Å². The molecule has 0 bridgehead atoms. The first-order chi connectivity index (χ1) is 9.61. The maximum Gasteiger partial charge on any atom is 0.231 e. The number of ether oxygens (including phenoxy) is 2. The predicted octanol–water partition coefficient (Wildman–Crippen LogP) is 0.486. The summed E-state index contributed by atoms with van der Waals surface area (Å²) in [5.74, 6) is 7.45. The Morgan fingerprint density at radius 3 is 2.80 bits per heavy atom. The minimum atomic E-state index is -0.0771. The SMILES string of the molecule is CN(C)CCC(c1ccc2c(c1)OCO2)N(N)/N=C\N. The standard InChI is InChI=1S/C13H21N5O2/c1-17(2)6-5-11(18(15)16-8-14)10-3-4-12-13(7-10)20-9-19-12/h3-4,7-8,11H,5-6,9,15H2,1-2H3,(H2,14,16). The fraction of sp³-hybridized carbons (Fsp3) is 0.462. The molecular weight excluding hydrogens is 258 g/mol. The quantitative estimate of drug-likeness (QED) is 0.341. The summed E-state index contributed by atoms with van der Waals surface area (Å²) in [6.45, 7) is 1.14. The molecule has 0 fully saturated rings. The summed E-state index contributed by atoms with van der Waals surface area (Å²) in [6, 6.07) is 5.72. The van der Waals surface area contributed by atoms with Crippen LogP contribution in [-0.4, -0.2) is 43.8 Å². The van der Waals surface area contributed by atoms with Crippen molar-refractivity contribution in [3.63, 3.8) is 0 Å². The molecule has 1 atom stereocenters. The van der Waals surface area contributed by atoms with Gasteiger partial charge < -0.3 is 20.1 Å². The maximum atomic E-state index is 5.96. The van der Waals surface area contributed by atoms with Crippen LogP contribution in [0.3, 0.4) is 0 Å². The Labute approximate surface area is 118 Å². The molecule has 7 nitrogen and oxygen atoms in total. The lowest BCUT2D eigenvalue weighted by Gasteiger charge is -2.26. The van der Waals surface area contributed by atoms with Crippen LogP contribution in [-0.2, 0) is 0 Å². The van der Waals surface area contributed by atoms with E-state index in [4.69, 9.17) is 21.1 Å². The molecule has 0 amide bonds. The summed E-state index contributed by atoms with van der Waals surface area (Å²) in [7, 11) is 4.04. The Bertz CT molecular complexity index is 478. The van der Waals surface area contributed by atoms with Crippen LogP contribution in [0.25, 0.3) is 0 Å². The average Bonchev–Trinajstić information content (AvgIpc) is 2.86. The van der Waals surface area contributed by atoms with Gasteiger partial charge in [0.15, 0.2) is 11.5 Å². The second-order valence-electron chi connectivity index (χ2n) is 4.87. The molecule has 1 aromatic carbocycles. The van der Waals surface area contributed by atoms with Crippen LogP contribution < -0.4 is 21.1 Å². The third-order valence-corrected chi connectivity index (χ3v) is 3.15. The molecule has 1 aliphatic heterocycles. The van der Waals surface area contributed by atoms with Gasteiger partial charge in [0.25, 0.3) is 0 Å². The number of hydrogen-bond acceptors (Lipinski definition) is 6. The Balaban J connectivity index is 2.20. The van der Waals surface area contributed by atoms with Gasteiger partial charge in [0.1, 0.15) is 6.34 Å². The molecular formula is C13H21N5O2. The first kappa shape index (κ1) is 14.4. The van der Waals surface area contributed by atoms with E-state index >= 15 is 0 Å². The number of nitrogens with zero attached hydrogens (tertiary/aromatic N) is 3. The largest absolute Gasteiger partial charge is 0.454 e. The van der Waals surface area contributed by atoms with Gasteiger partial charge in [-0.2, -0.15) is 5.10 Å². The Morgan fingerprint density at radius 2 is 2.10 bits per heavy atom. The van der Waals surface area contributed by atoms with E-state index in [9.17, 15) is 0 Å². The normalized spacial score (nSPS) is 15.0. The minimum absolute atomic E-state index is 0.0771. The molecule has 0 aromatic heterocycles. The van der Waals surface area contributed by atoms with Gasteiger partial charge in [0, 0.05) is 0 Å². The number of nitrogens with two attached hydrogens (primary N) is 2. The van der Waals surface area contributed by atoms with Crippen molar-refractivity contribution in [2.24, 2.45) is 16.7 Å². The van der Waals surface area contributed by atoms with Gasteiger partial charge in [0.05, 0.1) is 6.04 Å². The molecule has 0 spiro atoms. The van der Waals surface area contributed by atoms with Crippen molar-refractivity contribution in [2.75, 3.05) is 27.4 Å². The third kappa shape index (κ3) is 3.31. The van der Waals surface area contributed by atoms with Crippen LogP contribution in [0.15, 0.2) is 23.3 Å². The maximum absolute atomic E-state index is 5.96. The van der Waals surface area contributed by atoms with Crippen LogP contribution in [0.5, 0.6) is 11.5 Å². The molecule has 0 saturated carbocycles. The molecule has 1 aromatic rings. The van der Waals surface area contributed by atoms with E-state index in [2.05, 4.69) is 10.0 Å². The molecule has 7 heteroatoms. The van der Waals surface area contributed by atoms with Crippen molar-refractivity contribution >= 4 is 6.34 Å². The molecule has 110 valence electrons. The van der Waals surface area contributed by atoms with Crippen LogP contribution in [0, 0.1) is 0 Å². The van der Waals surface area contributed by atoms with Crippen molar-refractivity contribution in [1.82, 2.24) is 10.0 Å². The summed E-state index contributed by atoms with van der Waals surface area (Å²) in [5, 5.41) is 5.32. The summed E-state index contributed by atoms with van der Waals surface area (Å²) >= 11 is 0. The summed E-state index contributed by atoms with van der Waals surface area (Å²) in [6.07, 6.45) is 2.01. The summed E-state index contributed by atoms with van der Waals surface area (Å²) in [5.41, 5.74) is 6.34. The predicted molar refractivity (Wildman–Crippen MR) is 77.2 cm³/mol. The van der Waals surface area contributed by atoms with Gasteiger partial charge >= 0.3 is 0 Å². The van der Waals surface area contributed by atoms with Gasteiger partial charge in [-0.1, -0.05) is 6.07 Å².